The minimum absolute atomic E-state index is 0.134. The van der Waals surface area contributed by atoms with Crippen molar-refractivity contribution in [1.29, 1.82) is 0 Å². The summed E-state index contributed by atoms with van der Waals surface area (Å²) in [5.74, 6) is 0.506. The van der Waals surface area contributed by atoms with Crippen LogP contribution in [0.25, 0.3) is 0 Å². The van der Waals surface area contributed by atoms with Crippen LogP contribution in [-0.2, 0) is 9.53 Å². The van der Waals surface area contributed by atoms with Crippen molar-refractivity contribution in [2.45, 2.75) is 32.6 Å². The Balaban J connectivity index is 2.12. The van der Waals surface area contributed by atoms with E-state index in [9.17, 15) is 4.79 Å². The van der Waals surface area contributed by atoms with E-state index in [-0.39, 0.29) is 5.97 Å². The molecular weight excluding hydrogens is 266 g/mol. The van der Waals surface area contributed by atoms with Gasteiger partial charge in [0.1, 0.15) is 5.75 Å². The van der Waals surface area contributed by atoms with Gasteiger partial charge in [0.25, 0.3) is 0 Å². The zero-order valence-electron chi connectivity index (χ0n) is 11.2. The predicted molar refractivity (Wildman–Crippen MR) is 76.5 cm³/mol. The summed E-state index contributed by atoms with van der Waals surface area (Å²) in [7, 11) is 0. The Kier molecular flexibility index (Phi) is 7.11. The van der Waals surface area contributed by atoms with Crippen molar-refractivity contribution >= 4 is 23.3 Å². The summed E-state index contributed by atoms with van der Waals surface area (Å²) in [6.07, 6.45) is 3.08. The summed E-state index contributed by atoms with van der Waals surface area (Å²) in [4.78, 5) is 11.1. The van der Waals surface area contributed by atoms with Crippen molar-refractivity contribution in [2.24, 2.45) is 0 Å². The lowest BCUT2D eigenvalue weighted by Gasteiger charge is -2.08. The van der Waals surface area contributed by atoms with Gasteiger partial charge in [-0.15, -0.1) is 0 Å². The van der Waals surface area contributed by atoms with E-state index in [1.807, 2.05) is 6.92 Å². The average molecular weight is 286 g/mol. The maximum Gasteiger partial charge on any atom is 0.305 e. The van der Waals surface area contributed by atoms with Crippen molar-refractivity contribution in [3.8, 4) is 5.75 Å². The molecule has 0 heterocycles. The summed E-state index contributed by atoms with van der Waals surface area (Å²) >= 11 is 5.98. The molecule has 106 valence electrons. The molecule has 1 rings (SSSR count). The first-order valence-electron chi connectivity index (χ1n) is 6.47. The summed E-state index contributed by atoms with van der Waals surface area (Å²) < 4.78 is 10.4. The molecule has 0 bridgehead atoms. The smallest absolute Gasteiger partial charge is 0.305 e. The van der Waals surface area contributed by atoms with Gasteiger partial charge < -0.3 is 15.2 Å². The Morgan fingerprint density at radius 3 is 2.79 bits per heavy atom. The van der Waals surface area contributed by atoms with Gasteiger partial charge in [-0.1, -0.05) is 11.6 Å². The summed E-state index contributed by atoms with van der Waals surface area (Å²) in [6.45, 7) is 2.83. The fourth-order valence-electron chi connectivity index (χ4n) is 1.60. The Morgan fingerprint density at radius 1 is 1.32 bits per heavy atom. The van der Waals surface area contributed by atoms with Crippen LogP contribution < -0.4 is 10.5 Å². The van der Waals surface area contributed by atoms with Crippen LogP contribution in [0.15, 0.2) is 18.2 Å². The van der Waals surface area contributed by atoms with Gasteiger partial charge in [0.05, 0.1) is 18.2 Å². The number of nitrogen functional groups attached to an aromatic ring is 1. The van der Waals surface area contributed by atoms with E-state index in [0.29, 0.717) is 36.1 Å². The summed E-state index contributed by atoms with van der Waals surface area (Å²) in [5, 5.41) is 0.520. The number of rotatable bonds is 8. The summed E-state index contributed by atoms with van der Waals surface area (Å²) in [5.41, 5.74) is 6.21. The fourth-order valence-corrected chi connectivity index (χ4v) is 1.84. The number of hydrogen-bond donors (Lipinski definition) is 1. The Morgan fingerprint density at radius 2 is 2.11 bits per heavy atom. The number of hydrogen-bond acceptors (Lipinski definition) is 4. The molecule has 0 radical (unpaired) electrons. The molecular formula is C14H20ClNO3. The molecule has 0 amide bonds. The molecule has 0 fully saturated rings. The van der Waals surface area contributed by atoms with Gasteiger partial charge in [-0.3, -0.25) is 4.79 Å². The third kappa shape index (κ3) is 6.34. The lowest BCUT2D eigenvalue weighted by Crippen LogP contribution is -2.04. The Hall–Kier alpha value is -1.42. The molecule has 0 aliphatic heterocycles. The third-order valence-corrected chi connectivity index (χ3v) is 2.84. The predicted octanol–water partition coefficient (Wildman–Crippen LogP) is 3.42. The van der Waals surface area contributed by atoms with Gasteiger partial charge in [-0.05, 0) is 44.4 Å². The highest BCUT2D eigenvalue weighted by atomic mass is 35.5. The average Bonchev–Trinajstić information content (AvgIpc) is 2.36. The molecule has 0 saturated heterocycles. The van der Waals surface area contributed by atoms with E-state index in [1.54, 1.807) is 18.2 Å². The highest BCUT2D eigenvalue weighted by molar-refractivity contribution is 6.32. The van der Waals surface area contributed by atoms with Crippen molar-refractivity contribution in [2.75, 3.05) is 18.9 Å². The van der Waals surface area contributed by atoms with Crippen molar-refractivity contribution in [3.05, 3.63) is 23.2 Å². The molecule has 1 aromatic rings. The number of anilines is 1. The van der Waals surface area contributed by atoms with Crippen LogP contribution in [0.5, 0.6) is 5.75 Å². The van der Waals surface area contributed by atoms with Crippen molar-refractivity contribution < 1.29 is 14.3 Å². The van der Waals surface area contributed by atoms with Gasteiger partial charge in [0.2, 0.25) is 0 Å². The first-order chi connectivity index (χ1) is 9.13. The van der Waals surface area contributed by atoms with Crippen LogP contribution >= 0.6 is 11.6 Å². The molecule has 0 aliphatic carbocycles. The zero-order valence-corrected chi connectivity index (χ0v) is 11.9. The monoisotopic (exact) mass is 285 g/mol. The van der Waals surface area contributed by atoms with Crippen molar-refractivity contribution in [3.63, 3.8) is 0 Å². The van der Waals surface area contributed by atoms with Gasteiger partial charge in [-0.2, -0.15) is 0 Å². The second-order valence-electron chi connectivity index (χ2n) is 4.15. The van der Waals surface area contributed by atoms with E-state index in [4.69, 9.17) is 26.8 Å². The number of nitrogens with two attached hydrogens (primary N) is 1. The van der Waals surface area contributed by atoms with Crippen molar-refractivity contribution in [1.82, 2.24) is 0 Å². The summed E-state index contributed by atoms with van der Waals surface area (Å²) in [6, 6.07) is 5.18. The molecule has 5 heteroatoms. The van der Waals surface area contributed by atoms with E-state index >= 15 is 0 Å². The SMILES string of the molecule is CCOC(=O)CCCCCOc1ccc(N)cc1Cl. The number of carbonyl (C=O) groups is 1. The maximum atomic E-state index is 11.1. The van der Waals surface area contributed by atoms with Crippen LogP contribution in [0.1, 0.15) is 32.6 Å². The maximum absolute atomic E-state index is 11.1. The third-order valence-electron chi connectivity index (χ3n) is 2.54. The van der Waals surface area contributed by atoms with E-state index in [1.165, 1.54) is 0 Å². The quantitative estimate of drug-likeness (QED) is 0.452. The van der Waals surface area contributed by atoms with Crippen LogP contribution in [0.2, 0.25) is 5.02 Å². The molecule has 1 aromatic carbocycles. The second-order valence-corrected chi connectivity index (χ2v) is 4.56. The number of carbonyl (C=O) groups excluding carboxylic acids is 1. The number of ether oxygens (including phenoxy) is 2. The number of benzene rings is 1. The van der Waals surface area contributed by atoms with Crippen LogP contribution in [0.4, 0.5) is 5.69 Å². The van der Waals surface area contributed by atoms with Crippen LogP contribution in [0.3, 0.4) is 0 Å². The molecule has 0 spiro atoms. The Bertz CT molecular complexity index is 410. The highest BCUT2D eigenvalue weighted by Gasteiger charge is 2.03. The lowest BCUT2D eigenvalue weighted by atomic mass is 10.2. The first kappa shape index (κ1) is 15.6. The van der Waals surface area contributed by atoms with E-state index in [0.717, 1.165) is 19.3 Å². The molecule has 19 heavy (non-hydrogen) atoms. The van der Waals surface area contributed by atoms with Crippen LogP contribution in [-0.4, -0.2) is 19.2 Å². The minimum Gasteiger partial charge on any atom is -0.492 e. The van der Waals surface area contributed by atoms with Gasteiger partial charge >= 0.3 is 5.97 Å². The van der Waals surface area contributed by atoms with Gasteiger partial charge in [-0.25, -0.2) is 0 Å². The Labute approximate surface area is 118 Å². The largest absolute Gasteiger partial charge is 0.492 e. The van der Waals surface area contributed by atoms with E-state index in [2.05, 4.69) is 0 Å². The molecule has 0 unspecified atom stereocenters. The van der Waals surface area contributed by atoms with Gasteiger partial charge in [0.15, 0.2) is 0 Å². The number of unbranched alkanes of at least 4 members (excludes halogenated alkanes) is 2. The fraction of sp³-hybridized carbons (Fsp3) is 0.500. The minimum atomic E-state index is -0.134. The van der Waals surface area contributed by atoms with E-state index < -0.39 is 0 Å². The number of halogens is 1. The van der Waals surface area contributed by atoms with Crippen LogP contribution in [0, 0.1) is 0 Å². The zero-order chi connectivity index (χ0) is 14.1. The second kappa shape index (κ2) is 8.64. The number of esters is 1. The first-order valence-corrected chi connectivity index (χ1v) is 6.84. The molecule has 0 aromatic heterocycles. The standard InChI is InChI=1S/C14H20ClNO3/c1-2-18-14(17)6-4-3-5-9-19-13-8-7-11(16)10-12(13)15/h7-8,10H,2-6,9,16H2,1H3. The molecule has 0 aliphatic rings. The topological polar surface area (TPSA) is 61.5 Å². The normalized spacial score (nSPS) is 10.2. The molecule has 0 saturated carbocycles. The van der Waals surface area contributed by atoms with Gasteiger partial charge in [0, 0.05) is 12.1 Å². The molecule has 2 N–H and O–H groups in total. The molecule has 4 nitrogen and oxygen atoms in total. The highest BCUT2D eigenvalue weighted by Crippen LogP contribution is 2.26. The lowest BCUT2D eigenvalue weighted by molar-refractivity contribution is -0.143. The molecule has 0 atom stereocenters.